The number of fused-ring (bicyclic) bond motifs is 1. The Balaban J connectivity index is 1.42. The Kier molecular flexibility index (Phi) is 7.83. The third-order valence-corrected chi connectivity index (χ3v) is 8.91. The number of carbonyl (C=O) groups excluding carboxylic acids is 1. The van der Waals surface area contributed by atoms with Gasteiger partial charge in [-0.15, -0.1) is 0 Å². The molecule has 2 heterocycles. The quantitative estimate of drug-likeness (QED) is 0.279. The highest BCUT2D eigenvalue weighted by Gasteiger charge is 2.41. The van der Waals surface area contributed by atoms with Crippen LogP contribution in [0.4, 0.5) is 5.69 Å². The molecule has 2 aromatic heterocycles. The molecule has 0 N–H and O–H groups in total. The number of aromatic nitrogens is 2. The van der Waals surface area contributed by atoms with Crippen LogP contribution >= 0.6 is 0 Å². The largest absolute Gasteiger partial charge is 0.494 e. The molecule has 5 nitrogen and oxygen atoms in total. The summed E-state index contributed by atoms with van der Waals surface area (Å²) in [5.41, 5.74) is 4.10. The summed E-state index contributed by atoms with van der Waals surface area (Å²) in [7, 11) is 1.91. The third-order valence-electron chi connectivity index (χ3n) is 8.91. The van der Waals surface area contributed by atoms with E-state index in [1.807, 2.05) is 25.1 Å². The number of rotatable bonds is 10. The van der Waals surface area contributed by atoms with Crippen molar-refractivity contribution in [1.29, 1.82) is 0 Å². The van der Waals surface area contributed by atoms with Crippen molar-refractivity contribution in [3.63, 3.8) is 0 Å². The molecule has 38 heavy (non-hydrogen) atoms. The van der Waals surface area contributed by atoms with Crippen molar-refractivity contribution in [3.8, 4) is 5.75 Å². The van der Waals surface area contributed by atoms with Crippen LogP contribution in [0.3, 0.4) is 0 Å². The molecule has 2 aliphatic carbocycles. The Morgan fingerprint density at radius 2 is 1.84 bits per heavy atom. The maximum Gasteiger partial charge on any atom is 0.232 e. The molecule has 3 aromatic rings. The second-order valence-electron chi connectivity index (χ2n) is 12.5. The van der Waals surface area contributed by atoms with Gasteiger partial charge in [-0.25, -0.2) is 4.98 Å². The van der Waals surface area contributed by atoms with Gasteiger partial charge in [0.1, 0.15) is 11.4 Å². The number of hydrogen-bond acceptors (Lipinski definition) is 3. The normalized spacial score (nSPS) is 20.0. The number of amides is 1. The Bertz CT molecular complexity index is 1250. The maximum absolute atomic E-state index is 13.5. The Labute approximate surface area is 228 Å². The number of ether oxygens (including phenoxy) is 1. The Morgan fingerprint density at radius 3 is 2.50 bits per heavy atom. The Hall–Kier alpha value is -2.82. The summed E-state index contributed by atoms with van der Waals surface area (Å²) < 4.78 is 8.09. The average molecular weight is 516 g/mol. The molecule has 5 rings (SSSR count). The molecule has 2 fully saturated rings. The van der Waals surface area contributed by atoms with E-state index in [1.165, 1.54) is 49.8 Å². The first-order valence-corrected chi connectivity index (χ1v) is 14.7. The lowest BCUT2D eigenvalue weighted by Gasteiger charge is -2.29. The number of anilines is 1. The van der Waals surface area contributed by atoms with Crippen LogP contribution in [0, 0.1) is 23.2 Å². The molecule has 2 saturated carbocycles. The molecule has 2 aliphatic rings. The summed E-state index contributed by atoms with van der Waals surface area (Å²) in [6.45, 7) is 10.2. The molecule has 0 saturated heterocycles. The van der Waals surface area contributed by atoms with E-state index >= 15 is 0 Å². The number of nitrogens with zero attached hydrogens (tertiary/aromatic N) is 3. The molecule has 0 aliphatic heterocycles. The van der Waals surface area contributed by atoms with Crippen LogP contribution in [0.1, 0.15) is 83.9 Å². The van der Waals surface area contributed by atoms with Gasteiger partial charge in [0.2, 0.25) is 5.91 Å². The molecular weight excluding hydrogens is 470 g/mol. The van der Waals surface area contributed by atoms with E-state index in [2.05, 4.69) is 61.7 Å². The number of pyridine rings is 1. The number of hydrogen-bond donors (Lipinski definition) is 0. The Morgan fingerprint density at radius 1 is 1.13 bits per heavy atom. The molecule has 204 valence electrons. The van der Waals surface area contributed by atoms with Crippen LogP contribution in [0.5, 0.6) is 5.75 Å². The van der Waals surface area contributed by atoms with Crippen LogP contribution < -0.4 is 9.64 Å². The lowest BCUT2D eigenvalue weighted by Crippen LogP contribution is -2.39. The fourth-order valence-corrected chi connectivity index (χ4v) is 6.43. The topological polar surface area (TPSA) is 47.4 Å². The van der Waals surface area contributed by atoms with E-state index in [9.17, 15) is 4.79 Å². The number of benzene rings is 1. The average Bonchev–Trinajstić information content (AvgIpc) is 3.49. The van der Waals surface area contributed by atoms with E-state index in [-0.39, 0.29) is 11.3 Å². The van der Waals surface area contributed by atoms with Crippen LogP contribution in [-0.2, 0) is 17.8 Å². The predicted octanol–water partition coefficient (Wildman–Crippen LogP) is 7.64. The van der Waals surface area contributed by atoms with Gasteiger partial charge in [0.05, 0.1) is 18.5 Å². The van der Waals surface area contributed by atoms with Gasteiger partial charge in [-0.2, -0.15) is 0 Å². The number of carbonyl (C=O) groups is 1. The monoisotopic (exact) mass is 515 g/mol. The first-order valence-electron chi connectivity index (χ1n) is 14.7. The van der Waals surface area contributed by atoms with Crippen molar-refractivity contribution in [2.24, 2.45) is 23.2 Å². The molecule has 1 unspecified atom stereocenters. The summed E-state index contributed by atoms with van der Waals surface area (Å²) in [4.78, 5) is 20.3. The van der Waals surface area contributed by atoms with Crippen LogP contribution in [0.2, 0.25) is 0 Å². The van der Waals surface area contributed by atoms with Gasteiger partial charge in [0.25, 0.3) is 0 Å². The third kappa shape index (κ3) is 5.92. The summed E-state index contributed by atoms with van der Waals surface area (Å²) in [6.07, 6.45) is 11.6. The lowest BCUT2D eigenvalue weighted by molar-refractivity contribution is -0.126. The standard InChI is InChI=1S/C33H45N3O2/c1-6-38-30-14-12-24(13-15-30)17-28-18-26-19-29(35(5)32(37)33(3,4)20-27-16-23(27)2)21-34-31(26)36(28)22-25-10-8-7-9-11-25/h12-15,18-19,21,23,25,27H,6-11,16-17,20,22H2,1-5H3/t23?,27-/m1/s1. The van der Waals surface area contributed by atoms with Gasteiger partial charge >= 0.3 is 0 Å². The van der Waals surface area contributed by atoms with Crippen molar-refractivity contribution in [3.05, 3.63) is 53.9 Å². The summed E-state index contributed by atoms with van der Waals surface area (Å²) in [5, 5.41) is 1.12. The molecule has 2 atom stereocenters. The fraction of sp³-hybridized carbons (Fsp3) is 0.576. The SMILES string of the molecule is CCOc1ccc(Cc2cc3cc(N(C)C(=O)C(C)(C)C[C@H]4CC4C)cnc3n2CC2CCCCC2)cc1. The first kappa shape index (κ1) is 26.8. The zero-order valence-electron chi connectivity index (χ0n) is 24.0. The molecule has 5 heteroatoms. The zero-order chi connectivity index (χ0) is 26.9. The zero-order valence-corrected chi connectivity index (χ0v) is 24.0. The fourth-order valence-electron chi connectivity index (χ4n) is 6.43. The molecule has 0 bridgehead atoms. The van der Waals surface area contributed by atoms with Crippen LogP contribution in [0.25, 0.3) is 11.0 Å². The maximum atomic E-state index is 13.5. The van der Waals surface area contributed by atoms with Crippen molar-refractivity contribution in [2.45, 2.75) is 85.6 Å². The van der Waals surface area contributed by atoms with Crippen molar-refractivity contribution in [1.82, 2.24) is 9.55 Å². The summed E-state index contributed by atoms with van der Waals surface area (Å²) >= 11 is 0. The smallest absolute Gasteiger partial charge is 0.232 e. The highest BCUT2D eigenvalue weighted by Crippen LogP contribution is 2.46. The minimum absolute atomic E-state index is 0.175. The van der Waals surface area contributed by atoms with Crippen molar-refractivity contribution in [2.75, 3.05) is 18.6 Å². The second kappa shape index (κ2) is 11.1. The van der Waals surface area contributed by atoms with Crippen molar-refractivity contribution >= 4 is 22.6 Å². The molecule has 1 amide bonds. The minimum atomic E-state index is -0.370. The molecule has 0 spiro atoms. The van der Waals surface area contributed by atoms with E-state index in [4.69, 9.17) is 9.72 Å². The highest BCUT2D eigenvalue weighted by molar-refractivity contribution is 5.98. The van der Waals surface area contributed by atoms with Gasteiger partial charge in [0.15, 0.2) is 0 Å². The van der Waals surface area contributed by atoms with E-state index in [0.717, 1.165) is 47.8 Å². The molecule has 1 aromatic carbocycles. The van der Waals surface area contributed by atoms with E-state index in [0.29, 0.717) is 18.4 Å². The van der Waals surface area contributed by atoms with E-state index in [1.54, 1.807) is 0 Å². The molecular formula is C33H45N3O2. The van der Waals surface area contributed by atoms with Crippen molar-refractivity contribution < 1.29 is 9.53 Å². The van der Waals surface area contributed by atoms with Crippen LogP contribution in [-0.4, -0.2) is 29.1 Å². The molecule has 0 radical (unpaired) electrons. The highest BCUT2D eigenvalue weighted by atomic mass is 16.5. The van der Waals surface area contributed by atoms with Gasteiger partial charge in [0, 0.05) is 36.5 Å². The summed E-state index contributed by atoms with van der Waals surface area (Å²) in [5.74, 6) is 3.23. The second-order valence-corrected chi connectivity index (χ2v) is 12.5. The van der Waals surface area contributed by atoms with Crippen LogP contribution in [0.15, 0.2) is 42.6 Å². The van der Waals surface area contributed by atoms with Gasteiger partial charge in [-0.05, 0) is 80.2 Å². The van der Waals surface area contributed by atoms with Gasteiger partial charge < -0.3 is 14.2 Å². The lowest BCUT2D eigenvalue weighted by atomic mass is 9.85. The van der Waals surface area contributed by atoms with Gasteiger partial charge in [-0.3, -0.25) is 4.79 Å². The summed E-state index contributed by atoms with van der Waals surface area (Å²) in [6, 6.07) is 12.9. The minimum Gasteiger partial charge on any atom is -0.494 e. The predicted molar refractivity (Wildman–Crippen MR) is 156 cm³/mol. The van der Waals surface area contributed by atoms with E-state index < -0.39 is 0 Å². The first-order chi connectivity index (χ1) is 18.2. The van der Waals surface area contributed by atoms with Gasteiger partial charge in [-0.1, -0.05) is 52.2 Å².